The molecule has 1 nitrogen and oxygen atoms in total. The molecule has 2 heteroatoms. The van der Waals surface area contributed by atoms with Crippen LogP contribution < -0.4 is 4.90 Å². The van der Waals surface area contributed by atoms with Gasteiger partial charge in [-0.1, -0.05) is 113 Å². The van der Waals surface area contributed by atoms with E-state index >= 15 is 0 Å². The van der Waals surface area contributed by atoms with Crippen LogP contribution in [-0.2, 0) is 5.41 Å². The lowest BCUT2D eigenvalue weighted by atomic mass is 9.64. The minimum Gasteiger partial charge on any atom is -0.310 e. The molecule has 1 heterocycles. The van der Waals surface area contributed by atoms with Crippen molar-refractivity contribution >= 4 is 43.8 Å². The van der Waals surface area contributed by atoms with Crippen molar-refractivity contribution in [1.29, 1.82) is 0 Å². The van der Waals surface area contributed by atoms with Crippen molar-refractivity contribution in [1.82, 2.24) is 0 Å². The Morgan fingerprint density at radius 3 is 2.11 bits per heavy atom. The van der Waals surface area contributed by atoms with Gasteiger partial charge in [-0.25, -0.2) is 0 Å². The lowest BCUT2D eigenvalue weighted by molar-refractivity contribution is 0.758. The van der Waals surface area contributed by atoms with Gasteiger partial charge in [-0.2, -0.15) is 0 Å². The largest absolute Gasteiger partial charge is 0.310 e. The second kappa shape index (κ2) is 7.68. The smallest absolute Gasteiger partial charge is 0.0760 e. The monoisotopic (exact) mass is 535 g/mol. The van der Waals surface area contributed by atoms with E-state index in [-0.39, 0.29) is 0 Å². The van der Waals surface area contributed by atoms with Crippen molar-refractivity contribution in [2.24, 2.45) is 0 Å². The minimum absolute atomic E-state index is 0.437. The van der Waals surface area contributed by atoms with Crippen molar-refractivity contribution in [2.75, 3.05) is 4.90 Å². The molecule has 1 unspecified atom stereocenters. The lowest BCUT2D eigenvalue weighted by Crippen LogP contribution is -2.36. The van der Waals surface area contributed by atoms with Gasteiger partial charge < -0.3 is 4.90 Å². The van der Waals surface area contributed by atoms with Crippen molar-refractivity contribution in [3.05, 3.63) is 160 Å². The molecule has 174 valence electrons. The number of nitrogens with zero attached hydrogens (tertiary/aromatic N) is 1. The van der Waals surface area contributed by atoms with E-state index in [4.69, 9.17) is 0 Å². The molecule has 1 spiro atoms. The third-order valence-corrected chi connectivity index (χ3v) is 8.59. The maximum absolute atomic E-state index is 3.85. The summed E-state index contributed by atoms with van der Waals surface area (Å²) in [6.07, 6.45) is 0. The number of fused-ring (bicyclic) bond motifs is 11. The fraction of sp³-hybridized carbons (Fsp3) is 0.0286. The molecular formula is C35H22BrN. The van der Waals surface area contributed by atoms with Crippen LogP contribution in [0.2, 0.25) is 0 Å². The first kappa shape index (κ1) is 21.0. The number of hydrogen-bond acceptors (Lipinski definition) is 1. The Bertz CT molecular complexity index is 1860. The number of rotatable bonds is 1. The zero-order chi connectivity index (χ0) is 24.6. The average Bonchev–Trinajstić information content (AvgIpc) is 3.26. The molecule has 0 bridgehead atoms. The number of para-hydroxylation sites is 2. The summed E-state index contributed by atoms with van der Waals surface area (Å²) in [4.78, 5) is 2.42. The molecule has 6 aromatic rings. The second-order valence-electron chi connectivity index (χ2n) is 9.85. The zero-order valence-corrected chi connectivity index (χ0v) is 21.6. The first-order valence-electron chi connectivity index (χ1n) is 12.7. The summed E-state index contributed by atoms with van der Waals surface area (Å²) in [5.41, 5.74) is 11.1. The van der Waals surface area contributed by atoms with Crippen LogP contribution >= 0.6 is 15.9 Å². The lowest BCUT2D eigenvalue weighted by Gasteiger charge is -2.45. The predicted molar refractivity (Wildman–Crippen MR) is 157 cm³/mol. The Morgan fingerprint density at radius 2 is 1.22 bits per heavy atom. The molecule has 0 N–H and O–H groups in total. The quantitative estimate of drug-likeness (QED) is 0.202. The highest BCUT2D eigenvalue weighted by atomic mass is 79.9. The second-order valence-corrected chi connectivity index (χ2v) is 10.8. The van der Waals surface area contributed by atoms with Gasteiger partial charge in [0.15, 0.2) is 0 Å². The number of benzene rings is 6. The van der Waals surface area contributed by atoms with E-state index in [2.05, 4.69) is 154 Å². The molecule has 1 atom stereocenters. The summed E-state index contributed by atoms with van der Waals surface area (Å²) in [7, 11) is 0. The van der Waals surface area contributed by atoms with Crippen LogP contribution in [0.25, 0.3) is 21.9 Å². The van der Waals surface area contributed by atoms with Crippen LogP contribution in [0, 0.1) is 0 Å². The number of anilines is 3. The maximum atomic E-state index is 3.85. The molecule has 37 heavy (non-hydrogen) atoms. The third-order valence-electron chi connectivity index (χ3n) is 8.09. The molecule has 0 saturated heterocycles. The summed E-state index contributed by atoms with van der Waals surface area (Å²) >= 11 is 3.85. The summed E-state index contributed by atoms with van der Waals surface area (Å²) in [6, 6.07) is 48.9. The van der Waals surface area contributed by atoms with Gasteiger partial charge in [0.1, 0.15) is 0 Å². The van der Waals surface area contributed by atoms with Gasteiger partial charge in [-0.05, 0) is 80.6 Å². The molecule has 8 rings (SSSR count). The van der Waals surface area contributed by atoms with Gasteiger partial charge >= 0.3 is 0 Å². The zero-order valence-electron chi connectivity index (χ0n) is 20.0. The molecule has 6 aromatic carbocycles. The van der Waals surface area contributed by atoms with E-state index in [1.54, 1.807) is 0 Å². The van der Waals surface area contributed by atoms with E-state index in [1.165, 1.54) is 55.5 Å². The summed E-state index contributed by atoms with van der Waals surface area (Å²) < 4.78 is 1.09. The average molecular weight is 536 g/mol. The molecular weight excluding hydrogens is 514 g/mol. The third kappa shape index (κ3) is 2.68. The Hall–Kier alpha value is -4.14. The molecule has 0 fully saturated rings. The normalized spacial score (nSPS) is 16.8. The molecule has 0 aromatic heterocycles. The summed E-state index contributed by atoms with van der Waals surface area (Å²) in [6.45, 7) is 0. The van der Waals surface area contributed by atoms with Gasteiger partial charge in [0.25, 0.3) is 0 Å². The minimum atomic E-state index is -0.437. The highest BCUT2D eigenvalue weighted by Crippen LogP contribution is 2.64. The Morgan fingerprint density at radius 1 is 0.514 bits per heavy atom. The molecule has 0 saturated carbocycles. The fourth-order valence-electron chi connectivity index (χ4n) is 6.76. The Kier molecular flexibility index (Phi) is 4.36. The van der Waals surface area contributed by atoms with Gasteiger partial charge in [0, 0.05) is 10.2 Å². The Labute approximate surface area is 224 Å². The number of halogens is 1. The van der Waals surface area contributed by atoms with Crippen LogP contribution in [0.5, 0.6) is 0 Å². The topological polar surface area (TPSA) is 3.24 Å². The maximum Gasteiger partial charge on any atom is 0.0760 e. The van der Waals surface area contributed by atoms with E-state index < -0.39 is 5.41 Å². The highest BCUT2D eigenvalue weighted by Gasteiger charge is 2.52. The van der Waals surface area contributed by atoms with Gasteiger partial charge in [-0.15, -0.1) is 0 Å². The van der Waals surface area contributed by atoms with Crippen molar-refractivity contribution in [3.8, 4) is 11.1 Å². The molecule has 0 radical (unpaired) electrons. The highest BCUT2D eigenvalue weighted by molar-refractivity contribution is 9.10. The van der Waals surface area contributed by atoms with Crippen LogP contribution in [-0.4, -0.2) is 0 Å². The van der Waals surface area contributed by atoms with E-state index in [0.717, 1.165) is 10.2 Å². The molecule has 0 amide bonds. The predicted octanol–water partition coefficient (Wildman–Crippen LogP) is 9.75. The van der Waals surface area contributed by atoms with Crippen LogP contribution in [0.1, 0.15) is 22.3 Å². The Balaban J connectivity index is 1.61. The SMILES string of the molecule is Brc1ccc2c(c1)C1(c3ccccc3-c3ccc4ccccc4c31)c1ccccc1N2c1ccccc1. The molecule has 1 aliphatic heterocycles. The van der Waals surface area contributed by atoms with Crippen LogP contribution in [0.15, 0.2) is 138 Å². The van der Waals surface area contributed by atoms with E-state index in [1.807, 2.05) is 0 Å². The first-order valence-corrected chi connectivity index (χ1v) is 13.4. The summed E-state index contributed by atoms with van der Waals surface area (Å²) in [5.74, 6) is 0. The van der Waals surface area contributed by atoms with E-state index in [9.17, 15) is 0 Å². The standard InChI is InChI=1S/C35H22BrN/c36-24-19-21-33-31(22-24)35(30-16-8-9-17-32(30)37(33)25-11-2-1-3-12-25)29-15-7-6-14-27(29)28-20-18-23-10-4-5-13-26(23)34(28)35/h1-22H. The van der Waals surface area contributed by atoms with Crippen LogP contribution in [0.3, 0.4) is 0 Å². The van der Waals surface area contributed by atoms with Gasteiger partial charge in [0.2, 0.25) is 0 Å². The van der Waals surface area contributed by atoms with Gasteiger partial charge in [-0.3, -0.25) is 0 Å². The van der Waals surface area contributed by atoms with Gasteiger partial charge in [0.05, 0.1) is 16.8 Å². The molecule has 2 aliphatic rings. The first-order chi connectivity index (χ1) is 18.3. The van der Waals surface area contributed by atoms with E-state index in [0.29, 0.717) is 0 Å². The van der Waals surface area contributed by atoms with Crippen molar-refractivity contribution in [3.63, 3.8) is 0 Å². The van der Waals surface area contributed by atoms with Crippen molar-refractivity contribution in [2.45, 2.75) is 5.41 Å². The number of hydrogen-bond donors (Lipinski definition) is 0. The molecule has 1 aliphatic carbocycles. The van der Waals surface area contributed by atoms with Crippen molar-refractivity contribution < 1.29 is 0 Å². The fourth-order valence-corrected chi connectivity index (χ4v) is 7.12. The summed E-state index contributed by atoms with van der Waals surface area (Å²) in [5, 5.41) is 2.58. The van der Waals surface area contributed by atoms with Crippen LogP contribution in [0.4, 0.5) is 17.1 Å².